The van der Waals surface area contributed by atoms with Gasteiger partial charge >= 0.3 is 0 Å². The van der Waals surface area contributed by atoms with Crippen LogP contribution in [0.25, 0.3) is 60.8 Å². The minimum absolute atomic E-state index is 0.0332. The Bertz CT molecular complexity index is 1900. The summed E-state index contributed by atoms with van der Waals surface area (Å²) in [6.45, 7) is 0. The lowest BCUT2D eigenvalue weighted by atomic mass is 10.0. The van der Waals surface area contributed by atoms with Gasteiger partial charge in [0.05, 0.1) is 28.1 Å². The first-order valence-electron chi connectivity index (χ1n) is 10.7. The van der Waals surface area contributed by atoms with Crippen LogP contribution in [0.1, 0.15) is 11.4 Å². The zero-order valence-electron chi connectivity index (χ0n) is 17.5. The van der Waals surface area contributed by atoms with Crippen LogP contribution in [0.4, 0.5) is 4.39 Å². The van der Waals surface area contributed by atoms with Gasteiger partial charge in [-0.2, -0.15) is 10.5 Å². The number of rotatable bonds is 1. The molecule has 0 N–H and O–H groups in total. The number of fused-ring (bicyclic) bond motifs is 6. The molecule has 0 aliphatic heterocycles. The van der Waals surface area contributed by atoms with E-state index in [1.54, 1.807) is 0 Å². The van der Waals surface area contributed by atoms with Crippen LogP contribution in [-0.4, -0.2) is 14.5 Å². The highest BCUT2D eigenvalue weighted by Crippen LogP contribution is 2.48. The first kappa shape index (κ1) is 18.5. The second-order valence-corrected chi connectivity index (χ2v) is 8.22. The maximum atomic E-state index is 15.0. The van der Waals surface area contributed by atoms with Gasteiger partial charge in [0, 0.05) is 32.7 Å². The summed E-state index contributed by atoms with van der Waals surface area (Å²) < 4.78 is 17.2. The first-order valence-corrected chi connectivity index (χ1v) is 10.7. The summed E-state index contributed by atoms with van der Waals surface area (Å²) in [5.41, 5.74) is 5.07. The minimum Gasteiger partial charge on any atom is -0.309 e. The molecule has 0 amide bonds. The molecule has 156 valence electrons. The number of nitriles is 2. The zero-order valence-corrected chi connectivity index (χ0v) is 17.5. The molecule has 0 radical (unpaired) electrons. The number of halogens is 1. The third-order valence-electron chi connectivity index (χ3n) is 6.50. The van der Waals surface area contributed by atoms with Gasteiger partial charge in [-0.05, 0) is 36.4 Å². The highest BCUT2D eigenvalue weighted by molar-refractivity contribution is 6.17. The fourth-order valence-electron chi connectivity index (χ4n) is 5.16. The molecule has 7 rings (SSSR count). The predicted molar refractivity (Wildman–Crippen MR) is 128 cm³/mol. The quantitative estimate of drug-likeness (QED) is 0.304. The molecule has 0 unspecified atom stereocenters. The van der Waals surface area contributed by atoms with Crippen LogP contribution in [0.3, 0.4) is 0 Å². The van der Waals surface area contributed by atoms with Crippen molar-refractivity contribution in [3.63, 3.8) is 0 Å². The maximum Gasteiger partial charge on any atom is 0.177 e. The Morgan fingerprint density at radius 1 is 0.676 bits per heavy atom. The summed E-state index contributed by atoms with van der Waals surface area (Å²) in [6.07, 6.45) is 0. The first-order chi connectivity index (χ1) is 16.7. The van der Waals surface area contributed by atoms with E-state index in [2.05, 4.69) is 38.8 Å². The van der Waals surface area contributed by atoms with Gasteiger partial charge in [0.25, 0.3) is 0 Å². The molecule has 5 nitrogen and oxygen atoms in total. The molecule has 0 atom stereocenters. The molecule has 2 heterocycles. The van der Waals surface area contributed by atoms with Gasteiger partial charge < -0.3 is 4.57 Å². The van der Waals surface area contributed by atoms with Gasteiger partial charge in [-0.25, -0.2) is 14.4 Å². The zero-order chi connectivity index (χ0) is 23.0. The maximum absolute atomic E-state index is 15.0. The summed E-state index contributed by atoms with van der Waals surface area (Å²) in [7, 11) is 0. The average molecular weight is 437 g/mol. The van der Waals surface area contributed by atoms with Crippen molar-refractivity contribution < 1.29 is 4.39 Å². The summed E-state index contributed by atoms with van der Waals surface area (Å²) in [5.74, 6) is -0.404. The van der Waals surface area contributed by atoms with E-state index in [4.69, 9.17) is 0 Å². The van der Waals surface area contributed by atoms with Crippen LogP contribution in [0.2, 0.25) is 0 Å². The van der Waals surface area contributed by atoms with Crippen molar-refractivity contribution in [2.75, 3.05) is 0 Å². The van der Waals surface area contributed by atoms with Crippen LogP contribution in [0.5, 0.6) is 0 Å². The van der Waals surface area contributed by atoms with Crippen LogP contribution < -0.4 is 0 Å². The molecule has 2 aromatic heterocycles. The molecule has 6 aromatic rings. The fourth-order valence-corrected chi connectivity index (χ4v) is 5.16. The van der Waals surface area contributed by atoms with E-state index in [1.165, 1.54) is 12.1 Å². The molecule has 0 saturated heterocycles. The SMILES string of the molecule is N#Cc1nc2c(nc1C#N)-c1cc(F)cc3c(-n4c5ccccc5c5ccccc54)ccc-2c13. The number of nitrogens with zero attached hydrogens (tertiary/aromatic N) is 5. The molecule has 0 bridgehead atoms. The Hall–Kier alpha value is -5.07. The molecular weight excluding hydrogens is 425 g/mol. The van der Waals surface area contributed by atoms with Crippen LogP contribution in [-0.2, 0) is 0 Å². The van der Waals surface area contributed by atoms with Gasteiger partial charge in [0.1, 0.15) is 18.0 Å². The lowest BCUT2D eigenvalue weighted by Crippen LogP contribution is -1.97. The van der Waals surface area contributed by atoms with Gasteiger partial charge in [0.15, 0.2) is 11.4 Å². The second-order valence-electron chi connectivity index (χ2n) is 8.22. The van der Waals surface area contributed by atoms with Crippen LogP contribution in [0, 0.1) is 28.5 Å². The summed E-state index contributed by atoms with van der Waals surface area (Å²) in [4.78, 5) is 8.83. The molecular formula is C28H12FN5. The van der Waals surface area contributed by atoms with E-state index in [9.17, 15) is 10.5 Å². The smallest absolute Gasteiger partial charge is 0.177 e. The molecule has 0 saturated carbocycles. The summed E-state index contributed by atoms with van der Waals surface area (Å²) in [6, 6.07) is 27.0. The van der Waals surface area contributed by atoms with Gasteiger partial charge in [-0.1, -0.05) is 36.4 Å². The number of aromatic nitrogens is 3. The van der Waals surface area contributed by atoms with E-state index in [0.717, 1.165) is 43.8 Å². The lowest BCUT2D eigenvalue weighted by molar-refractivity contribution is 0.630. The molecule has 34 heavy (non-hydrogen) atoms. The number of hydrogen-bond acceptors (Lipinski definition) is 4. The van der Waals surface area contributed by atoms with Gasteiger partial charge in [-0.15, -0.1) is 0 Å². The molecule has 0 spiro atoms. The fraction of sp³-hybridized carbons (Fsp3) is 0. The van der Waals surface area contributed by atoms with Crippen molar-refractivity contribution >= 4 is 32.6 Å². The topological polar surface area (TPSA) is 78.3 Å². The van der Waals surface area contributed by atoms with E-state index in [0.29, 0.717) is 17.0 Å². The molecule has 1 aliphatic rings. The summed E-state index contributed by atoms with van der Waals surface area (Å²) in [5, 5.41) is 22.6. The summed E-state index contributed by atoms with van der Waals surface area (Å²) >= 11 is 0. The van der Waals surface area contributed by atoms with Crippen LogP contribution in [0.15, 0.2) is 72.8 Å². The van der Waals surface area contributed by atoms with E-state index >= 15 is 4.39 Å². The predicted octanol–water partition coefficient (Wildman–Crippen LogP) is 6.26. The Morgan fingerprint density at radius 2 is 1.26 bits per heavy atom. The van der Waals surface area contributed by atoms with Gasteiger partial charge in [-0.3, -0.25) is 0 Å². The van der Waals surface area contributed by atoms with Crippen LogP contribution >= 0.6 is 0 Å². The number of hydrogen-bond donors (Lipinski definition) is 0. The van der Waals surface area contributed by atoms with E-state index in [1.807, 2.05) is 48.5 Å². The Kier molecular flexibility index (Phi) is 3.52. The highest BCUT2D eigenvalue weighted by atomic mass is 19.1. The molecule has 0 fully saturated rings. The van der Waals surface area contributed by atoms with Crippen molar-refractivity contribution in [2.45, 2.75) is 0 Å². The van der Waals surface area contributed by atoms with E-state index < -0.39 is 5.82 Å². The minimum atomic E-state index is -0.404. The Labute approximate surface area is 192 Å². The standard InChI is InChI=1S/C28H12FN5/c29-15-11-19-25(34-23-7-3-1-5-16(23)17-6-2-4-8-24(17)34)10-9-18-26(19)20(12-15)28-27(18)32-21(13-30)22(14-31)33-28/h1-12H. The lowest BCUT2D eigenvalue weighted by Gasteiger charge is -2.13. The number of benzene rings is 4. The Morgan fingerprint density at radius 3 is 1.88 bits per heavy atom. The van der Waals surface area contributed by atoms with Crippen molar-refractivity contribution in [3.8, 4) is 40.3 Å². The molecule has 4 aromatic carbocycles. The third-order valence-corrected chi connectivity index (χ3v) is 6.50. The van der Waals surface area contributed by atoms with E-state index in [-0.39, 0.29) is 11.4 Å². The molecule has 1 aliphatic carbocycles. The highest BCUT2D eigenvalue weighted by Gasteiger charge is 2.29. The normalized spacial score (nSPS) is 11.6. The van der Waals surface area contributed by atoms with Crippen molar-refractivity contribution in [3.05, 3.63) is 90.0 Å². The van der Waals surface area contributed by atoms with Gasteiger partial charge in [0.2, 0.25) is 0 Å². The van der Waals surface area contributed by atoms with Crippen molar-refractivity contribution in [1.82, 2.24) is 14.5 Å². The number of para-hydroxylation sites is 2. The second kappa shape index (κ2) is 6.48. The molecule has 6 heteroatoms. The monoisotopic (exact) mass is 437 g/mol. The third kappa shape index (κ3) is 2.24. The largest absolute Gasteiger partial charge is 0.309 e. The van der Waals surface area contributed by atoms with Crippen molar-refractivity contribution in [1.29, 1.82) is 10.5 Å². The average Bonchev–Trinajstić information content (AvgIpc) is 3.37. The van der Waals surface area contributed by atoms with Crippen molar-refractivity contribution in [2.24, 2.45) is 0 Å². The Balaban J connectivity index is 1.64.